The van der Waals surface area contributed by atoms with Gasteiger partial charge in [0.2, 0.25) is 11.8 Å². The van der Waals surface area contributed by atoms with E-state index in [1.54, 1.807) is 18.2 Å². The van der Waals surface area contributed by atoms with Crippen LogP contribution in [-0.4, -0.2) is 35.3 Å². The molecule has 0 bridgehead atoms. The third kappa shape index (κ3) is 5.29. The van der Waals surface area contributed by atoms with Crippen LogP contribution in [0.3, 0.4) is 0 Å². The van der Waals surface area contributed by atoms with E-state index >= 15 is 0 Å². The van der Waals surface area contributed by atoms with Crippen molar-refractivity contribution in [1.82, 2.24) is 9.88 Å². The van der Waals surface area contributed by atoms with Crippen molar-refractivity contribution in [2.75, 3.05) is 18.9 Å². The van der Waals surface area contributed by atoms with Crippen molar-refractivity contribution in [1.29, 1.82) is 0 Å². The molecule has 0 atom stereocenters. The number of nitrogens with one attached hydrogen (secondary N) is 1. The molecule has 1 aromatic heterocycles. The number of carbonyl (C=O) groups is 2. The molecule has 1 N–H and O–H groups in total. The molecule has 6 nitrogen and oxygen atoms in total. The van der Waals surface area contributed by atoms with Crippen LogP contribution in [0.4, 0.5) is 14.5 Å². The van der Waals surface area contributed by atoms with Crippen molar-refractivity contribution >= 4 is 33.4 Å². The van der Waals surface area contributed by atoms with Crippen LogP contribution in [0.2, 0.25) is 0 Å². The molecule has 0 fully saturated rings. The first-order valence-electron chi connectivity index (χ1n) is 9.02. The van der Waals surface area contributed by atoms with Gasteiger partial charge in [0.05, 0.1) is 24.0 Å². The van der Waals surface area contributed by atoms with Gasteiger partial charge < -0.3 is 14.6 Å². The van der Waals surface area contributed by atoms with Gasteiger partial charge >= 0.3 is 0 Å². The summed E-state index contributed by atoms with van der Waals surface area (Å²) < 4.78 is 33.8. The van der Waals surface area contributed by atoms with Gasteiger partial charge in [-0.05, 0) is 40.2 Å². The zero-order chi connectivity index (χ0) is 21.7. The van der Waals surface area contributed by atoms with Gasteiger partial charge in [0.1, 0.15) is 11.6 Å². The predicted molar refractivity (Wildman–Crippen MR) is 111 cm³/mol. The summed E-state index contributed by atoms with van der Waals surface area (Å²) in [5.74, 6) is -2.03. The van der Waals surface area contributed by atoms with Crippen LogP contribution in [0.5, 0.6) is 0 Å². The Bertz CT molecular complexity index is 1050. The molecule has 2 amide bonds. The third-order valence-corrected chi connectivity index (χ3v) is 4.96. The first kappa shape index (κ1) is 21.6. The van der Waals surface area contributed by atoms with E-state index < -0.39 is 11.6 Å². The zero-order valence-corrected chi connectivity index (χ0v) is 17.6. The number of para-hydroxylation sites is 1. The highest BCUT2D eigenvalue weighted by Gasteiger charge is 2.18. The lowest BCUT2D eigenvalue weighted by molar-refractivity contribution is -0.133. The summed E-state index contributed by atoms with van der Waals surface area (Å²) in [6, 6.07) is 10.6. The number of aromatic nitrogens is 1. The number of benzene rings is 2. The predicted octanol–water partition coefficient (Wildman–Crippen LogP) is 4.41. The Kier molecular flexibility index (Phi) is 6.94. The second-order valence-electron chi connectivity index (χ2n) is 6.49. The van der Waals surface area contributed by atoms with Gasteiger partial charge in [-0.3, -0.25) is 9.59 Å². The van der Waals surface area contributed by atoms with E-state index in [-0.39, 0.29) is 48.4 Å². The molecule has 0 unspecified atom stereocenters. The first-order valence-corrected chi connectivity index (χ1v) is 9.82. The summed E-state index contributed by atoms with van der Waals surface area (Å²) in [5, 5.41) is 2.72. The largest absolute Gasteiger partial charge is 0.441 e. The average Bonchev–Trinajstić information content (AvgIpc) is 3.16. The van der Waals surface area contributed by atoms with Gasteiger partial charge in [-0.2, -0.15) is 0 Å². The molecular weight excluding hydrogens is 460 g/mol. The summed E-state index contributed by atoms with van der Waals surface area (Å²) in [7, 11) is 1.51. The lowest BCUT2D eigenvalue weighted by atomic mass is 10.1. The normalized spacial score (nSPS) is 10.7. The van der Waals surface area contributed by atoms with Crippen LogP contribution in [0.1, 0.15) is 12.3 Å². The maximum absolute atomic E-state index is 13.8. The van der Waals surface area contributed by atoms with Gasteiger partial charge in [-0.25, -0.2) is 13.8 Å². The van der Waals surface area contributed by atoms with E-state index in [1.807, 2.05) is 6.07 Å². The topological polar surface area (TPSA) is 75.4 Å². The fourth-order valence-corrected chi connectivity index (χ4v) is 3.12. The standard InChI is InChI=1S/C21H18BrF2N3O3/c1-27(12-18(28)26-16-8-3-2-5-13(16)22)20(29)10-9-19-25-11-17(30-19)21-14(23)6-4-7-15(21)24/h2-8,11H,9-10,12H2,1H3,(H,26,28). The molecule has 0 aliphatic carbocycles. The second-order valence-corrected chi connectivity index (χ2v) is 7.35. The quantitative estimate of drug-likeness (QED) is 0.546. The number of rotatable bonds is 7. The minimum Gasteiger partial charge on any atom is -0.441 e. The van der Waals surface area contributed by atoms with Crippen molar-refractivity contribution in [3.05, 3.63) is 70.7 Å². The molecule has 0 radical (unpaired) electrons. The molecule has 0 saturated carbocycles. The van der Waals surface area contributed by atoms with E-state index in [9.17, 15) is 18.4 Å². The summed E-state index contributed by atoms with van der Waals surface area (Å²) in [6.07, 6.45) is 1.37. The third-order valence-electron chi connectivity index (χ3n) is 4.27. The van der Waals surface area contributed by atoms with E-state index in [4.69, 9.17) is 4.42 Å². The number of amides is 2. The van der Waals surface area contributed by atoms with Crippen LogP contribution in [-0.2, 0) is 16.0 Å². The number of hydrogen-bond acceptors (Lipinski definition) is 4. The number of anilines is 1. The summed E-state index contributed by atoms with van der Waals surface area (Å²) in [4.78, 5) is 29.7. The SMILES string of the molecule is CN(CC(=O)Nc1ccccc1Br)C(=O)CCc1ncc(-c2c(F)cccc2F)o1. The molecular formula is C21H18BrF2N3O3. The van der Waals surface area contributed by atoms with E-state index in [0.717, 1.165) is 16.6 Å². The number of hydrogen-bond donors (Lipinski definition) is 1. The number of oxazole rings is 1. The van der Waals surface area contributed by atoms with Gasteiger partial charge in [-0.15, -0.1) is 0 Å². The minimum absolute atomic E-state index is 0.0263. The fraction of sp³-hybridized carbons (Fsp3) is 0.190. The van der Waals surface area contributed by atoms with Gasteiger partial charge in [0, 0.05) is 24.4 Å². The summed E-state index contributed by atoms with van der Waals surface area (Å²) >= 11 is 3.34. The highest BCUT2D eigenvalue weighted by atomic mass is 79.9. The Morgan fingerprint density at radius 1 is 1.13 bits per heavy atom. The Morgan fingerprint density at radius 2 is 1.83 bits per heavy atom. The molecule has 30 heavy (non-hydrogen) atoms. The van der Waals surface area contributed by atoms with Crippen LogP contribution in [0.25, 0.3) is 11.3 Å². The number of aryl methyl sites for hydroxylation is 1. The van der Waals surface area contributed by atoms with Crippen molar-refractivity contribution in [2.24, 2.45) is 0 Å². The number of halogens is 3. The Hall–Kier alpha value is -3.07. The number of carbonyl (C=O) groups excluding carboxylic acids is 2. The van der Waals surface area contributed by atoms with E-state index in [1.165, 1.54) is 24.2 Å². The van der Waals surface area contributed by atoms with Crippen molar-refractivity contribution in [3.8, 4) is 11.3 Å². The molecule has 9 heteroatoms. The minimum atomic E-state index is -0.760. The van der Waals surface area contributed by atoms with Crippen LogP contribution >= 0.6 is 15.9 Å². The average molecular weight is 478 g/mol. The molecule has 156 valence electrons. The van der Waals surface area contributed by atoms with Crippen LogP contribution in [0.15, 0.2) is 57.6 Å². The molecule has 1 heterocycles. The molecule has 2 aromatic carbocycles. The van der Waals surface area contributed by atoms with Crippen LogP contribution in [0, 0.1) is 11.6 Å². The fourth-order valence-electron chi connectivity index (χ4n) is 2.74. The van der Waals surface area contributed by atoms with E-state index in [0.29, 0.717) is 5.69 Å². The van der Waals surface area contributed by atoms with Crippen LogP contribution < -0.4 is 5.32 Å². The van der Waals surface area contributed by atoms with E-state index in [2.05, 4.69) is 26.2 Å². The molecule has 0 aliphatic rings. The van der Waals surface area contributed by atoms with Crippen molar-refractivity contribution in [3.63, 3.8) is 0 Å². The molecule has 3 rings (SSSR count). The zero-order valence-electron chi connectivity index (χ0n) is 16.0. The van der Waals surface area contributed by atoms with Crippen molar-refractivity contribution in [2.45, 2.75) is 12.8 Å². The molecule has 0 aliphatic heterocycles. The maximum Gasteiger partial charge on any atom is 0.244 e. The van der Waals surface area contributed by atoms with Gasteiger partial charge in [-0.1, -0.05) is 18.2 Å². The highest BCUT2D eigenvalue weighted by Crippen LogP contribution is 2.27. The molecule has 0 saturated heterocycles. The monoisotopic (exact) mass is 477 g/mol. The Balaban J connectivity index is 1.53. The first-order chi connectivity index (χ1) is 14.3. The maximum atomic E-state index is 13.8. The van der Waals surface area contributed by atoms with Crippen molar-refractivity contribution < 1.29 is 22.8 Å². The second kappa shape index (κ2) is 9.62. The number of likely N-dealkylation sites (N-methyl/N-ethyl adjacent to an activating group) is 1. The molecule has 0 spiro atoms. The molecule has 3 aromatic rings. The Morgan fingerprint density at radius 3 is 2.53 bits per heavy atom. The highest BCUT2D eigenvalue weighted by molar-refractivity contribution is 9.10. The lowest BCUT2D eigenvalue weighted by Crippen LogP contribution is -2.35. The van der Waals surface area contributed by atoms with Gasteiger partial charge in [0.15, 0.2) is 11.7 Å². The smallest absolute Gasteiger partial charge is 0.244 e. The lowest BCUT2D eigenvalue weighted by Gasteiger charge is -2.16. The summed E-state index contributed by atoms with van der Waals surface area (Å²) in [5.41, 5.74) is 0.305. The van der Waals surface area contributed by atoms with Gasteiger partial charge in [0.25, 0.3) is 0 Å². The summed E-state index contributed by atoms with van der Waals surface area (Å²) in [6.45, 7) is -0.128. The number of nitrogens with zero attached hydrogens (tertiary/aromatic N) is 2. The Labute approximate surface area is 180 Å².